The Balaban J connectivity index is 2.16. The molecule has 1 aromatic heterocycles. The average molecular weight is 352 g/mol. The maximum atomic E-state index is 12.6. The Kier molecular flexibility index (Phi) is 5.64. The second-order valence-corrected chi connectivity index (χ2v) is 7.84. The molecule has 0 N–H and O–H groups in total. The van der Waals surface area contributed by atoms with Crippen LogP contribution in [0.1, 0.15) is 10.4 Å². The first-order chi connectivity index (χ1) is 10.9. The zero-order valence-electron chi connectivity index (χ0n) is 12.3. The summed E-state index contributed by atoms with van der Waals surface area (Å²) in [5.74, 6) is -0.204. The summed E-state index contributed by atoms with van der Waals surface area (Å²) in [5.41, 5.74) is 0.448. The van der Waals surface area contributed by atoms with Gasteiger partial charge in [-0.05, 0) is 17.0 Å². The molecule has 0 atom stereocenters. The molecule has 122 valence electrons. The van der Waals surface area contributed by atoms with Crippen molar-refractivity contribution < 1.29 is 13.3 Å². The minimum Gasteiger partial charge on any atom is -0.258 e. The van der Waals surface area contributed by atoms with Gasteiger partial charge in [0.2, 0.25) is 10.0 Å². The van der Waals surface area contributed by atoms with Crippen LogP contribution in [-0.2, 0) is 22.3 Å². The third kappa shape index (κ3) is 4.72. The monoisotopic (exact) mass is 352 g/mol. The van der Waals surface area contributed by atoms with Gasteiger partial charge in [-0.25, -0.2) is 8.42 Å². The summed E-state index contributed by atoms with van der Waals surface area (Å²) in [6.07, 6.45) is 1.54. The Morgan fingerprint density at radius 1 is 1.26 bits per heavy atom. The van der Waals surface area contributed by atoms with E-state index in [4.69, 9.17) is 0 Å². The van der Waals surface area contributed by atoms with Crippen molar-refractivity contribution in [3.05, 3.63) is 75.0 Å². The quantitative estimate of drug-likeness (QED) is 0.415. The smallest absolute Gasteiger partial charge is 0.258 e. The van der Waals surface area contributed by atoms with Gasteiger partial charge in [0.25, 0.3) is 5.69 Å². The first-order valence-electron chi connectivity index (χ1n) is 6.77. The number of non-ortho nitro benzene ring substituents is 1. The highest BCUT2D eigenvalue weighted by Crippen LogP contribution is 2.19. The second-order valence-electron chi connectivity index (χ2n) is 4.84. The van der Waals surface area contributed by atoms with E-state index in [1.54, 1.807) is 6.08 Å². The van der Waals surface area contributed by atoms with Gasteiger partial charge in [-0.2, -0.15) is 4.31 Å². The summed E-state index contributed by atoms with van der Waals surface area (Å²) in [6, 6.07) is 9.29. The van der Waals surface area contributed by atoms with E-state index < -0.39 is 14.9 Å². The fraction of sp³-hybridized carbons (Fsp3) is 0.200. The van der Waals surface area contributed by atoms with Crippen LogP contribution in [0.25, 0.3) is 0 Å². The zero-order chi connectivity index (χ0) is 16.9. The average Bonchev–Trinajstić information content (AvgIpc) is 3.00. The molecule has 6 nitrogen and oxygen atoms in total. The van der Waals surface area contributed by atoms with Gasteiger partial charge in [-0.3, -0.25) is 10.1 Å². The van der Waals surface area contributed by atoms with Crippen molar-refractivity contribution >= 4 is 27.0 Å². The van der Waals surface area contributed by atoms with Gasteiger partial charge >= 0.3 is 0 Å². The van der Waals surface area contributed by atoms with Crippen LogP contribution in [0, 0.1) is 10.1 Å². The van der Waals surface area contributed by atoms with Crippen molar-refractivity contribution in [2.75, 3.05) is 6.54 Å². The van der Waals surface area contributed by atoms with Gasteiger partial charge in [-0.15, -0.1) is 17.9 Å². The summed E-state index contributed by atoms with van der Waals surface area (Å²) in [7, 11) is -3.55. The van der Waals surface area contributed by atoms with E-state index >= 15 is 0 Å². The standard InChI is InChI=1S/C15H16N2O4S2/c1-2-9-16(11-15-4-3-10-22-15)23(20,21)12-13-5-7-14(8-6-13)17(18)19/h2-8,10H,1,9,11-12H2. The van der Waals surface area contributed by atoms with Crippen molar-refractivity contribution in [1.29, 1.82) is 0 Å². The molecule has 0 saturated carbocycles. The fourth-order valence-electron chi connectivity index (χ4n) is 2.01. The number of benzene rings is 1. The second kappa shape index (κ2) is 7.49. The van der Waals surface area contributed by atoms with E-state index in [2.05, 4.69) is 6.58 Å². The van der Waals surface area contributed by atoms with Gasteiger partial charge < -0.3 is 0 Å². The molecule has 0 aliphatic carbocycles. The van der Waals surface area contributed by atoms with Crippen LogP contribution in [0.5, 0.6) is 0 Å². The third-order valence-electron chi connectivity index (χ3n) is 3.13. The molecule has 2 aromatic rings. The van der Waals surface area contributed by atoms with Crippen molar-refractivity contribution in [3.63, 3.8) is 0 Å². The lowest BCUT2D eigenvalue weighted by Crippen LogP contribution is -2.31. The van der Waals surface area contributed by atoms with Crippen LogP contribution in [0.15, 0.2) is 54.4 Å². The normalized spacial score (nSPS) is 11.5. The van der Waals surface area contributed by atoms with Crippen LogP contribution in [0.4, 0.5) is 5.69 Å². The fourth-order valence-corrected chi connectivity index (χ4v) is 4.28. The van der Waals surface area contributed by atoms with Crippen LogP contribution in [0.2, 0.25) is 0 Å². The third-order valence-corrected chi connectivity index (χ3v) is 5.76. The van der Waals surface area contributed by atoms with E-state index in [-0.39, 0.29) is 18.0 Å². The Morgan fingerprint density at radius 3 is 2.48 bits per heavy atom. The minimum atomic E-state index is -3.55. The molecule has 0 spiro atoms. The molecule has 2 rings (SSSR count). The van der Waals surface area contributed by atoms with E-state index in [0.29, 0.717) is 12.1 Å². The van der Waals surface area contributed by atoms with Gasteiger partial charge in [0, 0.05) is 30.1 Å². The molecule has 0 bridgehead atoms. The molecule has 0 amide bonds. The zero-order valence-corrected chi connectivity index (χ0v) is 13.9. The largest absolute Gasteiger partial charge is 0.269 e. The Hall–Kier alpha value is -2.03. The number of hydrogen-bond acceptors (Lipinski definition) is 5. The van der Waals surface area contributed by atoms with Crippen LogP contribution in [-0.4, -0.2) is 24.2 Å². The lowest BCUT2D eigenvalue weighted by molar-refractivity contribution is -0.384. The molecule has 0 radical (unpaired) electrons. The van der Waals surface area contributed by atoms with Crippen molar-refractivity contribution in [3.8, 4) is 0 Å². The summed E-state index contributed by atoms with van der Waals surface area (Å²) in [4.78, 5) is 11.1. The molecule has 0 aliphatic heterocycles. The number of hydrogen-bond donors (Lipinski definition) is 0. The highest BCUT2D eigenvalue weighted by molar-refractivity contribution is 7.88. The van der Waals surface area contributed by atoms with Crippen molar-refractivity contribution in [2.45, 2.75) is 12.3 Å². The highest BCUT2D eigenvalue weighted by Gasteiger charge is 2.22. The van der Waals surface area contributed by atoms with Crippen molar-refractivity contribution in [1.82, 2.24) is 4.31 Å². The molecule has 0 saturated heterocycles. The summed E-state index contributed by atoms with van der Waals surface area (Å²) in [5, 5.41) is 12.5. The number of rotatable bonds is 8. The minimum absolute atomic E-state index is 0.0623. The molecule has 0 aliphatic rings. The predicted octanol–water partition coefficient (Wildman–Crippen LogP) is 3.17. The molecule has 0 unspecified atom stereocenters. The van der Waals surface area contributed by atoms with Crippen molar-refractivity contribution in [2.24, 2.45) is 0 Å². The van der Waals surface area contributed by atoms with E-state index in [1.165, 1.54) is 39.9 Å². The number of nitrogens with zero attached hydrogens (tertiary/aromatic N) is 2. The first-order valence-corrected chi connectivity index (χ1v) is 9.25. The topological polar surface area (TPSA) is 80.5 Å². The van der Waals surface area contributed by atoms with E-state index in [1.807, 2.05) is 17.5 Å². The van der Waals surface area contributed by atoms with E-state index in [0.717, 1.165) is 4.88 Å². The molecule has 1 aromatic carbocycles. The van der Waals surface area contributed by atoms with Crippen LogP contribution >= 0.6 is 11.3 Å². The molecule has 23 heavy (non-hydrogen) atoms. The van der Waals surface area contributed by atoms with Crippen LogP contribution in [0.3, 0.4) is 0 Å². The summed E-state index contributed by atoms with van der Waals surface area (Å²) >= 11 is 1.49. The van der Waals surface area contributed by atoms with Gasteiger partial charge in [0.05, 0.1) is 10.7 Å². The van der Waals surface area contributed by atoms with Gasteiger partial charge in [0.15, 0.2) is 0 Å². The molecule has 8 heteroatoms. The molecule has 1 heterocycles. The molecular formula is C15H16N2O4S2. The Bertz CT molecular complexity index is 768. The lowest BCUT2D eigenvalue weighted by Gasteiger charge is -2.20. The first kappa shape index (κ1) is 17.3. The molecule has 0 fully saturated rings. The number of thiophene rings is 1. The Morgan fingerprint density at radius 2 is 1.96 bits per heavy atom. The highest BCUT2D eigenvalue weighted by atomic mass is 32.2. The van der Waals surface area contributed by atoms with Gasteiger partial charge in [-0.1, -0.05) is 24.3 Å². The summed E-state index contributed by atoms with van der Waals surface area (Å²) in [6.45, 7) is 4.11. The molecular weight excluding hydrogens is 336 g/mol. The Labute approximate surface area is 138 Å². The lowest BCUT2D eigenvalue weighted by atomic mass is 10.2. The number of nitro benzene ring substituents is 1. The van der Waals surface area contributed by atoms with E-state index in [9.17, 15) is 18.5 Å². The predicted molar refractivity (Wildman–Crippen MR) is 90.6 cm³/mol. The number of nitro groups is 1. The maximum absolute atomic E-state index is 12.6. The number of sulfonamides is 1. The van der Waals surface area contributed by atoms with Gasteiger partial charge in [0.1, 0.15) is 0 Å². The summed E-state index contributed by atoms with van der Waals surface area (Å²) < 4.78 is 26.5. The maximum Gasteiger partial charge on any atom is 0.269 e. The van der Waals surface area contributed by atoms with Crippen LogP contribution < -0.4 is 0 Å². The SMILES string of the molecule is C=CCN(Cc1cccs1)S(=O)(=O)Cc1ccc([N+](=O)[O-])cc1.